The number of amides is 1. The number of nitrogens with zero attached hydrogens (tertiary/aromatic N) is 3. The number of likely N-dealkylation sites (tertiary alicyclic amines) is 1. The van der Waals surface area contributed by atoms with Gasteiger partial charge >= 0.3 is 0 Å². The van der Waals surface area contributed by atoms with Gasteiger partial charge in [-0.25, -0.2) is 0 Å². The van der Waals surface area contributed by atoms with Crippen LogP contribution in [0.1, 0.15) is 31.2 Å². The lowest BCUT2D eigenvalue weighted by atomic mass is 9.96. The Morgan fingerprint density at radius 1 is 1.30 bits per heavy atom. The minimum atomic E-state index is 0.0423. The van der Waals surface area contributed by atoms with Gasteiger partial charge in [0, 0.05) is 12.5 Å². The number of nitrogens with one attached hydrogen (secondary N) is 1. The number of aromatic nitrogens is 2. The molecule has 1 aromatic carbocycles. The third-order valence-electron chi connectivity index (χ3n) is 5.20. The van der Waals surface area contributed by atoms with Crippen molar-refractivity contribution in [1.29, 1.82) is 0 Å². The van der Waals surface area contributed by atoms with Crippen LogP contribution in [0.25, 0.3) is 10.7 Å². The fraction of sp³-hybridized carbons (Fsp3) is 0.409. The zero-order valence-electron chi connectivity index (χ0n) is 17.0. The highest BCUT2D eigenvalue weighted by Crippen LogP contribution is 2.23. The van der Waals surface area contributed by atoms with Crippen LogP contribution < -0.4 is 10.1 Å². The van der Waals surface area contributed by atoms with Crippen molar-refractivity contribution in [2.75, 3.05) is 19.7 Å². The van der Waals surface area contributed by atoms with Crippen LogP contribution in [0.3, 0.4) is 0 Å². The minimum Gasteiger partial charge on any atom is -0.494 e. The molecule has 8 heteroatoms. The molecule has 3 aromatic rings. The lowest BCUT2D eigenvalue weighted by Crippen LogP contribution is -2.40. The first kappa shape index (κ1) is 20.6. The Morgan fingerprint density at radius 2 is 2.17 bits per heavy atom. The number of carbonyl (C=O) groups is 1. The second-order valence-electron chi connectivity index (χ2n) is 7.34. The highest BCUT2D eigenvalue weighted by molar-refractivity contribution is 7.13. The van der Waals surface area contributed by atoms with Crippen LogP contribution in [-0.4, -0.2) is 40.6 Å². The maximum atomic E-state index is 12.6. The Hall–Kier alpha value is -2.71. The zero-order valence-corrected chi connectivity index (χ0v) is 17.9. The van der Waals surface area contributed by atoms with Crippen LogP contribution in [-0.2, 0) is 17.9 Å². The second-order valence-corrected chi connectivity index (χ2v) is 8.29. The summed E-state index contributed by atoms with van der Waals surface area (Å²) in [6.07, 6.45) is 1.66. The Labute approximate surface area is 180 Å². The van der Waals surface area contributed by atoms with Crippen LogP contribution in [0.4, 0.5) is 0 Å². The molecule has 158 valence electrons. The number of hydrogen-bond donors (Lipinski definition) is 1. The summed E-state index contributed by atoms with van der Waals surface area (Å²) in [4.78, 5) is 20.3. The molecule has 0 radical (unpaired) electrons. The molecular weight excluding hydrogens is 400 g/mol. The highest BCUT2D eigenvalue weighted by atomic mass is 32.1. The Bertz CT molecular complexity index is 949. The standard InChI is InChI=1S/C22H26N4O3S/c1-2-28-18-6-3-5-16(13-18)14-23-22(27)17-8-10-26(11-9-17)15-20-24-21(25-29-20)19-7-4-12-30-19/h3-7,12-13,17H,2,8-11,14-15H2,1H3,(H,23,27). The van der Waals surface area contributed by atoms with E-state index in [0.29, 0.717) is 31.4 Å². The van der Waals surface area contributed by atoms with Crippen molar-refractivity contribution in [3.05, 3.63) is 53.2 Å². The molecule has 1 N–H and O–H groups in total. The quantitative estimate of drug-likeness (QED) is 0.591. The molecule has 1 aliphatic rings. The number of hydrogen-bond acceptors (Lipinski definition) is 7. The normalized spacial score (nSPS) is 15.2. The molecule has 1 amide bonds. The van der Waals surface area contributed by atoms with Crippen molar-refractivity contribution in [2.45, 2.75) is 32.9 Å². The van der Waals surface area contributed by atoms with Gasteiger partial charge in [-0.05, 0) is 62.0 Å². The van der Waals surface area contributed by atoms with E-state index >= 15 is 0 Å². The van der Waals surface area contributed by atoms with E-state index in [0.717, 1.165) is 42.1 Å². The van der Waals surface area contributed by atoms with E-state index in [9.17, 15) is 4.79 Å². The maximum Gasteiger partial charge on any atom is 0.241 e. The molecule has 2 aromatic heterocycles. The van der Waals surface area contributed by atoms with Gasteiger partial charge in [0.15, 0.2) is 0 Å². The van der Waals surface area contributed by atoms with E-state index in [2.05, 4.69) is 20.4 Å². The number of piperidine rings is 1. The third-order valence-corrected chi connectivity index (χ3v) is 6.07. The Balaban J connectivity index is 1.22. The first-order valence-electron chi connectivity index (χ1n) is 10.3. The van der Waals surface area contributed by atoms with Crippen LogP contribution in [0.15, 0.2) is 46.3 Å². The molecule has 7 nitrogen and oxygen atoms in total. The van der Waals surface area contributed by atoms with Crippen molar-refractivity contribution in [3.8, 4) is 16.5 Å². The fourth-order valence-electron chi connectivity index (χ4n) is 3.61. The van der Waals surface area contributed by atoms with E-state index in [-0.39, 0.29) is 11.8 Å². The smallest absolute Gasteiger partial charge is 0.241 e. The van der Waals surface area contributed by atoms with Crippen LogP contribution >= 0.6 is 11.3 Å². The molecule has 4 rings (SSSR count). The zero-order chi connectivity index (χ0) is 20.8. The van der Waals surface area contributed by atoms with E-state index < -0.39 is 0 Å². The van der Waals surface area contributed by atoms with E-state index in [1.54, 1.807) is 11.3 Å². The molecule has 0 bridgehead atoms. The summed E-state index contributed by atoms with van der Waals surface area (Å²) in [5.41, 5.74) is 1.05. The second kappa shape index (κ2) is 9.86. The monoisotopic (exact) mass is 426 g/mol. The molecule has 0 saturated carbocycles. The fourth-order valence-corrected chi connectivity index (χ4v) is 4.26. The summed E-state index contributed by atoms with van der Waals surface area (Å²) in [5.74, 6) is 2.26. The highest BCUT2D eigenvalue weighted by Gasteiger charge is 2.26. The summed E-state index contributed by atoms with van der Waals surface area (Å²) < 4.78 is 10.9. The molecule has 1 aliphatic heterocycles. The molecule has 30 heavy (non-hydrogen) atoms. The molecule has 0 atom stereocenters. The topological polar surface area (TPSA) is 80.5 Å². The molecule has 3 heterocycles. The average Bonchev–Trinajstić information content (AvgIpc) is 3.45. The first-order chi connectivity index (χ1) is 14.7. The van der Waals surface area contributed by atoms with E-state index in [4.69, 9.17) is 9.26 Å². The lowest BCUT2D eigenvalue weighted by Gasteiger charge is -2.30. The summed E-state index contributed by atoms with van der Waals surface area (Å²) >= 11 is 1.59. The minimum absolute atomic E-state index is 0.0423. The SMILES string of the molecule is CCOc1cccc(CNC(=O)C2CCN(Cc3nc(-c4cccs4)no3)CC2)c1. The Morgan fingerprint density at radius 3 is 2.93 bits per heavy atom. The maximum absolute atomic E-state index is 12.6. The van der Waals surface area contributed by atoms with Crippen LogP contribution in [0, 0.1) is 5.92 Å². The van der Waals surface area contributed by atoms with Crippen molar-refractivity contribution in [3.63, 3.8) is 0 Å². The van der Waals surface area contributed by atoms with Gasteiger partial charge in [0.2, 0.25) is 17.6 Å². The summed E-state index contributed by atoms with van der Waals surface area (Å²) in [5, 5.41) is 9.13. The van der Waals surface area contributed by atoms with Crippen molar-refractivity contribution >= 4 is 17.2 Å². The van der Waals surface area contributed by atoms with Gasteiger partial charge in [-0.15, -0.1) is 11.3 Å². The predicted molar refractivity (Wildman–Crippen MR) is 115 cm³/mol. The molecule has 0 unspecified atom stereocenters. The molecule has 0 aliphatic carbocycles. The average molecular weight is 427 g/mol. The van der Waals surface area contributed by atoms with Crippen LogP contribution in [0.5, 0.6) is 5.75 Å². The van der Waals surface area contributed by atoms with E-state index in [1.165, 1.54) is 0 Å². The van der Waals surface area contributed by atoms with Gasteiger partial charge in [0.1, 0.15) is 5.75 Å². The molecule has 0 spiro atoms. The van der Waals surface area contributed by atoms with Gasteiger partial charge in [0.25, 0.3) is 0 Å². The van der Waals surface area contributed by atoms with Gasteiger partial charge in [-0.1, -0.05) is 23.4 Å². The van der Waals surface area contributed by atoms with Gasteiger partial charge in [-0.2, -0.15) is 4.98 Å². The number of carbonyl (C=O) groups excluding carboxylic acids is 1. The first-order valence-corrected chi connectivity index (χ1v) is 11.2. The summed E-state index contributed by atoms with van der Waals surface area (Å²) in [6.45, 7) is 5.42. The molecule has 1 fully saturated rings. The number of benzene rings is 1. The third kappa shape index (κ3) is 5.25. The summed E-state index contributed by atoms with van der Waals surface area (Å²) in [7, 11) is 0. The van der Waals surface area contributed by atoms with Gasteiger partial charge < -0.3 is 14.6 Å². The van der Waals surface area contributed by atoms with Gasteiger partial charge in [-0.3, -0.25) is 9.69 Å². The number of ether oxygens (including phenoxy) is 1. The van der Waals surface area contributed by atoms with Crippen molar-refractivity contribution < 1.29 is 14.1 Å². The number of thiophene rings is 1. The Kier molecular flexibility index (Phi) is 6.76. The number of rotatable bonds is 8. The largest absolute Gasteiger partial charge is 0.494 e. The van der Waals surface area contributed by atoms with Crippen LogP contribution in [0.2, 0.25) is 0 Å². The summed E-state index contributed by atoms with van der Waals surface area (Å²) in [6, 6.07) is 11.8. The lowest BCUT2D eigenvalue weighted by molar-refractivity contribution is -0.126. The van der Waals surface area contributed by atoms with Gasteiger partial charge in [0.05, 0.1) is 18.0 Å². The van der Waals surface area contributed by atoms with Crippen molar-refractivity contribution in [2.24, 2.45) is 5.92 Å². The predicted octanol–water partition coefficient (Wildman–Crippen LogP) is 3.73. The molecule has 1 saturated heterocycles. The van der Waals surface area contributed by atoms with E-state index in [1.807, 2.05) is 48.7 Å². The molecular formula is C22H26N4O3S. The van der Waals surface area contributed by atoms with Crippen molar-refractivity contribution in [1.82, 2.24) is 20.4 Å².